The molecule has 14 heteroatoms. The summed E-state index contributed by atoms with van der Waals surface area (Å²) in [4.78, 5) is 41.1. The molecule has 0 radical (unpaired) electrons. The highest BCUT2D eigenvalue weighted by Gasteiger charge is 2.94. The minimum atomic E-state index is -2.15. The molecule has 5 aliphatic heterocycles. The fourth-order valence-electron chi connectivity index (χ4n) is 13.3. The van der Waals surface area contributed by atoms with Crippen molar-refractivity contribution in [1.82, 2.24) is 0 Å². The lowest BCUT2D eigenvalue weighted by atomic mass is 9.37. The third-order valence-electron chi connectivity index (χ3n) is 15.4. The maximum absolute atomic E-state index is 14.4. The van der Waals surface area contributed by atoms with E-state index in [1.165, 1.54) is 27.2 Å². The molecule has 9 rings (SSSR count). The summed E-state index contributed by atoms with van der Waals surface area (Å²) in [5.74, 6) is -6.15. The van der Waals surface area contributed by atoms with E-state index in [2.05, 4.69) is 0 Å². The van der Waals surface area contributed by atoms with E-state index >= 15 is 0 Å². The molecule has 8 aliphatic rings. The third kappa shape index (κ3) is 4.33. The van der Waals surface area contributed by atoms with Crippen molar-refractivity contribution in [1.29, 1.82) is 0 Å². The van der Waals surface area contributed by atoms with Crippen LogP contribution in [0.1, 0.15) is 59.9 Å². The topological polar surface area (TPSA) is 175 Å². The molecule has 2 N–H and O–H groups in total. The first kappa shape index (κ1) is 38.2. The van der Waals surface area contributed by atoms with Crippen molar-refractivity contribution < 1.29 is 67.2 Å². The Kier molecular flexibility index (Phi) is 8.24. The molecule has 3 saturated carbocycles. The Morgan fingerprint density at radius 2 is 1.71 bits per heavy atom. The molecule has 3 aliphatic carbocycles. The number of esters is 3. The molecule has 0 unspecified atom stereocenters. The highest BCUT2D eigenvalue weighted by Crippen LogP contribution is 2.81. The zero-order valence-electron chi connectivity index (χ0n) is 33.0. The molecule has 7 fully saturated rings. The quantitative estimate of drug-likeness (QED) is 0.235. The first-order valence-electron chi connectivity index (χ1n) is 19.6. The summed E-state index contributed by atoms with van der Waals surface area (Å²) >= 11 is 0. The van der Waals surface area contributed by atoms with Crippen LogP contribution < -0.4 is 0 Å². The normalized spacial score (nSPS) is 50.3. The number of carbonyl (C=O) groups is 3. The Morgan fingerprint density at radius 3 is 2.38 bits per heavy atom. The number of rotatable bonds is 7. The average Bonchev–Trinajstić information content (AvgIpc) is 3.91. The summed E-state index contributed by atoms with van der Waals surface area (Å²) in [5.41, 5.74) is -8.11. The van der Waals surface area contributed by atoms with Crippen LogP contribution in [0, 0.1) is 39.9 Å². The number of hydrogen-bond donors (Lipinski definition) is 2. The minimum Gasteiger partial charge on any atom is -0.466 e. The average molecular weight is 781 g/mol. The number of carbonyl (C=O) groups excluding carboxylic acids is 3. The number of allylic oxidation sites excluding steroid dienone is 1. The van der Waals surface area contributed by atoms with Gasteiger partial charge >= 0.3 is 17.9 Å². The molecule has 1 aromatic carbocycles. The fraction of sp³-hybridized carbons (Fsp3) is 0.690. The van der Waals surface area contributed by atoms with E-state index in [4.69, 9.17) is 42.6 Å². The number of ether oxygens (including phenoxy) is 9. The van der Waals surface area contributed by atoms with Gasteiger partial charge in [0.1, 0.15) is 29.2 Å². The van der Waals surface area contributed by atoms with Gasteiger partial charge in [-0.1, -0.05) is 58.0 Å². The zero-order valence-corrected chi connectivity index (χ0v) is 33.0. The monoisotopic (exact) mass is 780 g/mol. The van der Waals surface area contributed by atoms with Crippen molar-refractivity contribution in [2.45, 2.75) is 114 Å². The standard InChI is InChI=1S/C42H52O14/c1-21(2)24-18-40(46)25-16-28(55-35(40)53-24)42(47)37(5)32(56-38(25,42)6)30-31-36(4,19-50-30)26(52-22(3)43)17-27(54-29(44)15-14-23-12-10-9-11-13-23)39(31)20-51-41(49-8,33(37)39)34(45)48-7/h9-15,18,21,25-28,30-33,35,46-47H,16-17,19-20H2,1-8H3/b15-14+/t25-,26-,27+,28+,30-,31+,32-,33+,35-,36-,37-,38-,39+,40+,41+,42+/m1/s1. The number of aliphatic hydroxyl groups is 2. The van der Waals surface area contributed by atoms with Crippen LogP contribution in [0.2, 0.25) is 0 Å². The smallest absolute Gasteiger partial charge is 0.366 e. The largest absolute Gasteiger partial charge is 0.466 e. The van der Waals surface area contributed by atoms with Gasteiger partial charge in [-0.25, -0.2) is 9.59 Å². The highest BCUT2D eigenvalue weighted by atomic mass is 16.7. The molecule has 4 saturated heterocycles. The molecular formula is C42H52O14. The Hall–Kier alpha value is -3.37. The van der Waals surface area contributed by atoms with Crippen LogP contribution in [0.25, 0.3) is 6.08 Å². The van der Waals surface area contributed by atoms with Crippen molar-refractivity contribution in [3.8, 4) is 0 Å². The molecule has 14 nitrogen and oxygen atoms in total. The Morgan fingerprint density at radius 1 is 0.982 bits per heavy atom. The maximum atomic E-state index is 14.4. The number of benzene rings is 1. The van der Waals surface area contributed by atoms with E-state index in [-0.39, 0.29) is 32.0 Å². The van der Waals surface area contributed by atoms with E-state index in [9.17, 15) is 24.6 Å². The molecule has 0 aromatic heterocycles. The molecule has 5 heterocycles. The Bertz CT molecular complexity index is 1900. The van der Waals surface area contributed by atoms with E-state index < -0.39 is 111 Å². The maximum Gasteiger partial charge on any atom is 0.366 e. The molecule has 2 bridgehead atoms. The predicted molar refractivity (Wildman–Crippen MR) is 193 cm³/mol. The van der Waals surface area contributed by atoms with Gasteiger partial charge in [0.2, 0.25) is 6.29 Å². The second-order valence-corrected chi connectivity index (χ2v) is 18.1. The van der Waals surface area contributed by atoms with Gasteiger partial charge in [-0.05, 0) is 31.1 Å². The van der Waals surface area contributed by atoms with E-state index in [0.717, 1.165) is 5.56 Å². The lowest BCUT2D eigenvalue weighted by molar-refractivity contribution is -0.319. The lowest BCUT2D eigenvalue weighted by Crippen LogP contribution is -2.78. The first-order chi connectivity index (χ1) is 26.4. The first-order valence-corrected chi connectivity index (χ1v) is 19.6. The summed E-state index contributed by atoms with van der Waals surface area (Å²) in [6.45, 7) is 10.8. The predicted octanol–water partition coefficient (Wildman–Crippen LogP) is 3.07. The summed E-state index contributed by atoms with van der Waals surface area (Å²) in [5, 5.41) is 26.4. The van der Waals surface area contributed by atoms with Crippen LogP contribution in [-0.2, 0) is 57.0 Å². The third-order valence-corrected chi connectivity index (χ3v) is 15.4. The van der Waals surface area contributed by atoms with Gasteiger partial charge in [0, 0.05) is 66.4 Å². The van der Waals surface area contributed by atoms with Gasteiger partial charge in [-0.2, -0.15) is 0 Å². The van der Waals surface area contributed by atoms with Crippen molar-refractivity contribution in [3.63, 3.8) is 0 Å². The SMILES string of the molecule is COC(=O)[C@@]1(OC)OC[C@@]23[C@@H](OC(=O)/C=C/c4ccccc4)C[C@@H](OC(C)=O)[C@@]4(C)CO[C@@H]([C@H]5O[C@]6(C)[C@H]7C[C@H](O[C@H]8OC(C(C)C)=C[C@@]87O)[C@]6(O)[C@@]5(C)[C@H]12)[C@@H]43. The van der Waals surface area contributed by atoms with Crippen LogP contribution in [0.3, 0.4) is 0 Å². The lowest BCUT2D eigenvalue weighted by Gasteiger charge is -2.66. The number of methoxy groups -OCH3 is 2. The van der Waals surface area contributed by atoms with Gasteiger partial charge in [0.25, 0.3) is 5.79 Å². The van der Waals surface area contributed by atoms with Gasteiger partial charge in [0.15, 0.2) is 5.60 Å². The van der Waals surface area contributed by atoms with Crippen molar-refractivity contribution in [3.05, 3.63) is 53.8 Å². The highest BCUT2D eigenvalue weighted by molar-refractivity contribution is 5.87. The Labute approximate surface area is 325 Å². The Balaban J connectivity index is 1.25. The fourth-order valence-corrected chi connectivity index (χ4v) is 13.3. The van der Waals surface area contributed by atoms with Crippen molar-refractivity contribution in [2.75, 3.05) is 27.4 Å². The van der Waals surface area contributed by atoms with Crippen molar-refractivity contribution >= 4 is 24.0 Å². The van der Waals surface area contributed by atoms with Crippen LogP contribution in [0.5, 0.6) is 0 Å². The van der Waals surface area contributed by atoms with E-state index in [0.29, 0.717) is 5.76 Å². The van der Waals surface area contributed by atoms with Crippen LogP contribution in [0.4, 0.5) is 0 Å². The number of hydrogen-bond acceptors (Lipinski definition) is 14. The summed E-state index contributed by atoms with van der Waals surface area (Å²) < 4.78 is 57.8. The second-order valence-electron chi connectivity index (χ2n) is 18.1. The zero-order chi connectivity index (χ0) is 40.0. The molecule has 56 heavy (non-hydrogen) atoms. The van der Waals surface area contributed by atoms with Gasteiger partial charge in [-0.3, -0.25) is 4.79 Å². The van der Waals surface area contributed by atoms with Crippen molar-refractivity contribution in [2.24, 2.45) is 39.9 Å². The molecular weight excluding hydrogens is 728 g/mol. The molecule has 16 atom stereocenters. The van der Waals surface area contributed by atoms with Gasteiger partial charge < -0.3 is 52.8 Å². The molecule has 1 spiro atoms. The van der Waals surface area contributed by atoms with Crippen LogP contribution in [0.15, 0.2) is 48.2 Å². The second kappa shape index (κ2) is 12.1. The number of fused-ring (bicyclic) bond motifs is 11. The van der Waals surface area contributed by atoms with Crippen LogP contribution >= 0.6 is 0 Å². The summed E-state index contributed by atoms with van der Waals surface area (Å²) in [7, 11) is 2.58. The van der Waals surface area contributed by atoms with Crippen LogP contribution in [-0.4, -0.2) is 115 Å². The van der Waals surface area contributed by atoms with Gasteiger partial charge in [0.05, 0.1) is 38.6 Å². The van der Waals surface area contributed by atoms with Gasteiger partial charge in [-0.15, -0.1) is 0 Å². The minimum absolute atomic E-state index is 0.0344. The summed E-state index contributed by atoms with van der Waals surface area (Å²) in [6.07, 6.45) is -0.773. The molecule has 1 aromatic rings. The van der Waals surface area contributed by atoms with E-state index in [1.807, 2.05) is 58.0 Å². The van der Waals surface area contributed by atoms with E-state index in [1.54, 1.807) is 19.1 Å². The molecule has 0 amide bonds. The summed E-state index contributed by atoms with van der Waals surface area (Å²) in [6, 6.07) is 9.29. The molecule has 304 valence electrons.